The summed E-state index contributed by atoms with van der Waals surface area (Å²) in [7, 11) is 0. The Morgan fingerprint density at radius 1 is 1.08 bits per heavy atom. The standard InChI is InChI=1S/C18H15BrCl2N2O2/c19-15-6-3-13(9-16(15)21)18(25)23-8-7-22(17(24)11-23)10-12-1-4-14(20)5-2-12/h1-6,9H,7-8,10-11H2. The smallest absolute Gasteiger partial charge is 0.254 e. The first-order valence-electron chi connectivity index (χ1n) is 7.70. The molecular formula is C18H15BrCl2N2O2. The van der Waals surface area contributed by atoms with Crippen LogP contribution in [0.1, 0.15) is 15.9 Å². The summed E-state index contributed by atoms with van der Waals surface area (Å²) < 4.78 is 0.731. The Morgan fingerprint density at radius 3 is 2.44 bits per heavy atom. The van der Waals surface area contributed by atoms with E-state index in [1.165, 1.54) is 0 Å². The van der Waals surface area contributed by atoms with Crippen LogP contribution >= 0.6 is 39.1 Å². The van der Waals surface area contributed by atoms with E-state index in [4.69, 9.17) is 23.2 Å². The summed E-state index contributed by atoms with van der Waals surface area (Å²) in [5, 5.41) is 1.14. The minimum atomic E-state index is -0.186. The Labute approximate surface area is 164 Å². The van der Waals surface area contributed by atoms with Crippen molar-refractivity contribution >= 4 is 50.9 Å². The zero-order chi connectivity index (χ0) is 18.0. The van der Waals surface area contributed by atoms with E-state index in [1.807, 2.05) is 12.1 Å². The van der Waals surface area contributed by atoms with Gasteiger partial charge in [-0.2, -0.15) is 0 Å². The Bertz CT molecular complexity index is 811. The van der Waals surface area contributed by atoms with Gasteiger partial charge in [0, 0.05) is 34.7 Å². The molecule has 0 radical (unpaired) electrons. The molecule has 0 unspecified atom stereocenters. The van der Waals surface area contributed by atoms with E-state index < -0.39 is 0 Å². The van der Waals surface area contributed by atoms with Crippen LogP contribution in [0.3, 0.4) is 0 Å². The van der Waals surface area contributed by atoms with Crippen LogP contribution in [0.4, 0.5) is 0 Å². The van der Waals surface area contributed by atoms with E-state index in [0.29, 0.717) is 35.2 Å². The second-order valence-electron chi connectivity index (χ2n) is 5.80. The number of amides is 2. The molecule has 4 nitrogen and oxygen atoms in total. The molecule has 130 valence electrons. The molecule has 1 saturated heterocycles. The second kappa shape index (κ2) is 7.77. The molecule has 7 heteroatoms. The van der Waals surface area contributed by atoms with Crippen LogP contribution in [-0.2, 0) is 11.3 Å². The van der Waals surface area contributed by atoms with Crippen molar-refractivity contribution in [1.82, 2.24) is 9.80 Å². The van der Waals surface area contributed by atoms with Crippen molar-refractivity contribution in [2.24, 2.45) is 0 Å². The minimum absolute atomic E-state index is 0.0695. The average molecular weight is 442 g/mol. The maximum absolute atomic E-state index is 12.6. The van der Waals surface area contributed by atoms with E-state index in [2.05, 4.69) is 15.9 Å². The maximum atomic E-state index is 12.6. The molecule has 0 aliphatic carbocycles. The summed E-state index contributed by atoms with van der Waals surface area (Å²) in [6.07, 6.45) is 0. The molecule has 25 heavy (non-hydrogen) atoms. The summed E-state index contributed by atoms with van der Waals surface area (Å²) in [6, 6.07) is 12.4. The first-order valence-corrected chi connectivity index (χ1v) is 9.25. The lowest BCUT2D eigenvalue weighted by atomic mass is 10.1. The fourth-order valence-electron chi connectivity index (χ4n) is 2.67. The molecule has 0 spiro atoms. The summed E-state index contributed by atoms with van der Waals surface area (Å²) in [5.74, 6) is -0.258. The van der Waals surface area contributed by atoms with E-state index in [9.17, 15) is 9.59 Å². The van der Waals surface area contributed by atoms with Crippen LogP contribution in [0.2, 0.25) is 10.0 Å². The molecule has 1 aliphatic rings. The molecule has 2 aromatic rings. The Kier molecular flexibility index (Phi) is 5.67. The molecule has 1 heterocycles. The van der Waals surface area contributed by atoms with Crippen molar-refractivity contribution in [3.63, 3.8) is 0 Å². The number of carbonyl (C=O) groups excluding carboxylic acids is 2. The van der Waals surface area contributed by atoms with Gasteiger partial charge in [-0.25, -0.2) is 0 Å². The van der Waals surface area contributed by atoms with Crippen LogP contribution in [0.5, 0.6) is 0 Å². The van der Waals surface area contributed by atoms with Crippen LogP contribution in [0, 0.1) is 0 Å². The maximum Gasteiger partial charge on any atom is 0.254 e. The molecule has 3 rings (SSSR count). The second-order valence-corrected chi connectivity index (χ2v) is 7.50. The molecule has 0 atom stereocenters. The fraction of sp³-hybridized carbons (Fsp3) is 0.222. The van der Waals surface area contributed by atoms with Crippen LogP contribution in [0.25, 0.3) is 0 Å². The van der Waals surface area contributed by atoms with Gasteiger partial charge in [0.2, 0.25) is 5.91 Å². The number of piperazine rings is 1. The van der Waals surface area contributed by atoms with Gasteiger partial charge >= 0.3 is 0 Å². The number of halogens is 3. The highest BCUT2D eigenvalue weighted by Crippen LogP contribution is 2.24. The lowest BCUT2D eigenvalue weighted by molar-refractivity contribution is -0.135. The number of carbonyl (C=O) groups is 2. The Morgan fingerprint density at radius 2 is 1.80 bits per heavy atom. The predicted molar refractivity (Wildman–Crippen MR) is 102 cm³/mol. The molecular weight excluding hydrogens is 427 g/mol. The summed E-state index contributed by atoms with van der Waals surface area (Å²) in [6.45, 7) is 1.57. The first-order chi connectivity index (χ1) is 11.9. The molecule has 2 amide bonds. The average Bonchev–Trinajstić information content (AvgIpc) is 2.60. The van der Waals surface area contributed by atoms with Crippen LogP contribution < -0.4 is 0 Å². The van der Waals surface area contributed by atoms with Crippen molar-refractivity contribution in [2.45, 2.75) is 6.54 Å². The van der Waals surface area contributed by atoms with E-state index >= 15 is 0 Å². The summed E-state index contributed by atoms with van der Waals surface area (Å²) in [4.78, 5) is 28.3. The van der Waals surface area contributed by atoms with Gasteiger partial charge in [-0.05, 0) is 51.8 Å². The zero-order valence-electron chi connectivity index (χ0n) is 13.2. The minimum Gasteiger partial charge on any atom is -0.335 e. The van der Waals surface area contributed by atoms with Gasteiger partial charge in [0.05, 0.1) is 5.02 Å². The third-order valence-electron chi connectivity index (χ3n) is 4.06. The molecule has 0 bridgehead atoms. The largest absolute Gasteiger partial charge is 0.335 e. The summed E-state index contributed by atoms with van der Waals surface area (Å²) >= 11 is 15.2. The molecule has 0 saturated carbocycles. The molecule has 1 aliphatic heterocycles. The van der Waals surface area contributed by atoms with Gasteiger partial charge in [0.1, 0.15) is 6.54 Å². The summed E-state index contributed by atoms with van der Waals surface area (Å²) in [5.41, 5.74) is 1.49. The first kappa shape index (κ1) is 18.2. The van der Waals surface area contributed by atoms with Gasteiger partial charge in [-0.1, -0.05) is 35.3 Å². The van der Waals surface area contributed by atoms with Crippen molar-refractivity contribution in [3.05, 3.63) is 68.1 Å². The Balaban J connectivity index is 1.64. The van der Waals surface area contributed by atoms with Gasteiger partial charge in [-0.15, -0.1) is 0 Å². The fourth-order valence-corrected chi connectivity index (χ4v) is 3.22. The third kappa shape index (κ3) is 4.35. The van der Waals surface area contributed by atoms with E-state index in [0.717, 1.165) is 10.0 Å². The van der Waals surface area contributed by atoms with Gasteiger partial charge in [-0.3, -0.25) is 9.59 Å². The molecule has 0 aromatic heterocycles. The quantitative estimate of drug-likeness (QED) is 0.714. The SMILES string of the molecule is O=C1CN(C(=O)c2ccc(Br)c(Cl)c2)CCN1Cc1ccc(Cl)cc1. The zero-order valence-corrected chi connectivity index (χ0v) is 16.3. The Hall–Kier alpha value is -1.56. The van der Waals surface area contributed by atoms with Gasteiger partial charge in [0.25, 0.3) is 5.91 Å². The van der Waals surface area contributed by atoms with Crippen molar-refractivity contribution in [3.8, 4) is 0 Å². The van der Waals surface area contributed by atoms with Crippen molar-refractivity contribution in [2.75, 3.05) is 19.6 Å². The van der Waals surface area contributed by atoms with Gasteiger partial charge < -0.3 is 9.80 Å². The molecule has 1 fully saturated rings. The van der Waals surface area contributed by atoms with Crippen LogP contribution in [0.15, 0.2) is 46.9 Å². The van der Waals surface area contributed by atoms with Crippen molar-refractivity contribution in [1.29, 1.82) is 0 Å². The van der Waals surface area contributed by atoms with E-state index in [-0.39, 0.29) is 18.4 Å². The number of benzene rings is 2. The van der Waals surface area contributed by atoms with Gasteiger partial charge in [0.15, 0.2) is 0 Å². The number of rotatable bonds is 3. The lowest BCUT2D eigenvalue weighted by Gasteiger charge is -2.34. The normalized spacial score (nSPS) is 14.8. The molecule has 2 aromatic carbocycles. The van der Waals surface area contributed by atoms with Crippen LogP contribution in [-0.4, -0.2) is 41.2 Å². The number of nitrogens with zero attached hydrogens (tertiary/aromatic N) is 2. The highest BCUT2D eigenvalue weighted by molar-refractivity contribution is 9.10. The monoisotopic (exact) mass is 440 g/mol. The third-order valence-corrected chi connectivity index (χ3v) is 5.54. The van der Waals surface area contributed by atoms with Crippen molar-refractivity contribution < 1.29 is 9.59 Å². The predicted octanol–water partition coefficient (Wildman–Crippen LogP) is 4.24. The number of hydrogen-bond acceptors (Lipinski definition) is 2. The topological polar surface area (TPSA) is 40.6 Å². The molecule has 0 N–H and O–H groups in total. The highest BCUT2D eigenvalue weighted by Gasteiger charge is 2.27. The van der Waals surface area contributed by atoms with E-state index in [1.54, 1.807) is 40.1 Å². The highest BCUT2D eigenvalue weighted by atomic mass is 79.9. The number of hydrogen-bond donors (Lipinski definition) is 0. The lowest BCUT2D eigenvalue weighted by Crippen LogP contribution is -2.51.